The Morgan fingerprint density at radius 3 is 2.67 bits per heavy atom. The van der Waals surface area contributed by atoms with Crippen LogP contribution in [0.4, 0.5) is 4.79 Å². The number of carbonyl (C=O) groups is 1. The molecule has 0 aliphatic heterocycles. The zero-order chi connectivity index (χ0) is 16.8. The molecule has 1 aromatic heterocycles. The van der Waals surface area contributed by atoms with Crippen LogP contribution < -0.4 is 10.6 Å². The molecule has 0 fully saturated rings. The molecule has 2 aromatic carbocycles. The number of nitrogens with one attached hydrogen (secondary N) is 2. The van der Waals surface area contributed by atoms with Crippen LogP contribution in [0.3, 0.4) is 0 Å². The summed E-state index contributed by atoms with van der Waals surface area (Å²) < 4.78 is 2.04. The predicted molar refractivity (Wildman–Crippen MR) is 93.0 cm³/mol. The first-order valence-electron chi connectivity index (χ1n) is 7.92. The van der Waals surface area contributed by atoms with Crippen LogP contribution in [0.1, 0.15) is 12.0 Å². The Hall–Kier alpha value is -2.86. The second-order valence-electron chi connectivity index (χ2n) is 5.46. The van der Waals surface area contributed by atoms with Gasteiger partial charge in [0.2, 0.25) is 0 Å². The van der Waals surface area contributed by atoms with Crippen molar-refractivity contribution in [1.29, 1.82) is 0 Å². The van der Waals surface area contributed by atoms with Gasteiger partial charge in [0.25, 0.3) is 0 Å². The smallest absolute Gasteiger partial charge is 0.315 e. The van der Waals surface area contributed by atoms with E-state index in [0.717, 1.165) is 22.3 Å². The maximum atomic E-state index is 11.6. The Bertz CT molecular complexity index is 811. The van der Waals surface area contributed by atoms with E-state index in [2.05, 4.69) is 15.6 Å². The van der Waals surface area contributed by atoms with Gasteiger partial charge in [0.15, 0.2) is 0 Å². The number of aliphatic hydroxyl groups is 1. The molecule has 0 radical (unpaired) electrons. The van der Waals surface area contributed by atoms with Crippen molar-refractivity contribution in [2.24, 2.45) is 0 Å². The molecule has 6 heteroatoms. The highest BCUT2D eigenvalue weighted by Crippen LogP contribution is 2.18. The summed E-state index contributed by atoms with van der Waals surface area (Å²) in [5, 5.41) is 14.2. The Morgan fingerprint density at radius 1 is 1.08 bits per heavy atom. The summed E-state index contributed by atoms with van der Waals surface area (Å²) in [6.45, 7) is 0.996. The van der Waals surface area contributed by atoms with Gasteiger partial charge in [0.05, 0.1) is 11.0 Å². The van der Waals surface area contributed by atoms with Crippen molar-refractivity contribution < 1.29 is 9.90 Å². The second-order valence-corrected chi connectivity index (χ2v) is 5.46. The van der Waals surface area contributed by atoms with Gasteiger partial charge in [-0.2, -0.15) is 0 Å². The fraction of sp³-hybridized carbons (Fsp3) is 0.222. The highest BCUT2D eigenvalue weighted by molar-refractivity contribution is 5.77. The molecule has 2 amide bonds. The number of amides is 2. The van der Waals surface area contributed by atoms with Crippen molar-refractivity contribution >= 4 is 17.1 Å². The maximum Gasteiger partial charge on any atom is 0.315 e. The van der Waals surface area contributed by atoms with Gasteiger partial charge in [-0.1, -0.05) is 24.3 Å². The molecule has 1 heterocycles. The predicted octanol–water partition coefficient (Wildman–Crippen LogP) is 2.21. The summed E-state index contributed by atoms with van der Waals surface area (Å²) >= 11 is 0. The molecule has 0 aliphatic carbocycles. The van der Waals surface area contributed by atoms with Crippen LogP contribution >= 0.6 is 0 Å². The quantitative estimate of drug-likeness (QED) is 0.608. The number of rotatable bonds is 6. The number of urea groups is 1. The topological polar surface area (TPSA) is 79.2 Å². The lowest BCUT2D eigenvalue weighted by atomic mass is 10.2. The molecule has 124 valence electrons. The molecular formula is C18H20N4O2. The van der Waals surface area contributed by atoms with Crippen LogP contribution in [0.2, 0.25) is 0 Å². The van der Waals surface area contributed by atoms with E-state index in [9.17, 15) is 4.79 Å². The number of para-hydroxylation sites is 2. The summed E-state index contributed by atoms with van der Waals surface area (Å²) in [6, 6.07) is 15.7. The lowest BCUT2D eigenvalue weighted by Crippen LogP contribution is -2.35. The number of hydrogen-bond donors (Lipinski definition) is 3. The first-order valence-corrected chi connectivity index (χ1v) is 7.92. The number of imidazole rings is 1. The molecule has 0 saturated carbocycles. The Kier molecular flexibility index (Phi) is 5.08. The van der Waals surface area contributed by atoms with Crippen molar-refractivity contribution in [3.05, 3.63) is 60.4 Å². The second kappa shape index (κ2) is 7.61. The summed E-state index contributed by atoms with van der Waals surface area (Å²) in [5.41, 5.74) is 4.06. The highest BCUT2D eigenvalue weighted by Gasteiger charge is 2.04. The third-order valence-electron chi connectivity index (χ3n) is 3.74. The van der Waals surface area contributed by atoms with Crippen LogP contribution in [0, 0.1) is 0 Å². The average molecular weight is 324 g/mol. The minimum atomic E-state index is -0.229. The van der Waals surface area contributed by atoms with Gasteiger partial charge in [-0.05, 0) is 36.2 Å². The molecule has 3 aromatic rings. The van der Waals surface area contributed by atoms with Gasteiger partial charge < -0.3 is 15.7 Å². The van der Waals surface area contributed by atoms with Crippen LogP contribution in [0.5, 0.6) is 0 Å². The first-order chi connectivity index (χ1) is 11.8. The monoisotopic (exact) mass is 324 g/mol. The van der Waals surface area contributed by atoms with Gasteiger partial charge >= 0.3 is 6.03 Å². The van der Waals surface area contributed by atoms with Gasteiger partial charge in [-0.3, -0.25) is 4.57 Å². The molecule has 0 spiro atoms. The van der Waals surface area contributed by atoms with E-state index in [-0.39, 0.29) is 12.6 Å². The van der Waals surface area contributed by atoms with Gasteiger partial charge in [0, 0.05) is 25.4 Å². The van der Waals surface area contributed by atoms with E-state index in [4.69, 9.17) is 5.11 Å². The molecule has 3 rings (SSSR count). The van der Waals surface area contributed by atoms with Crippen molar-refractivity contribution in [1.82, 2.24) is 20.2 Å². The maximum absolute atomic E-state index is 11.6. The van der Waals surface area contributed by atoms with Crippen molar-refractivity contribution in [2.45, 2.75) is 13.0 Å². The number of hydrogen-bond acceptors (Lipinski definition) is 3. The number of aliphatic hydroxyl groups excluding tert-OH is 1. The molecule has 0 atom stereocenters. The third-order valence-corrected chi connectivity index (χ3v) is 3.74. The van der Waals surface area contributed by atoms with Crippen LogP contribution in [0.25, 0.3) is 16.7 Å². The average Bonchev–Trinajstić information content (AvgIpc) is 3.05. The summed E-state index contributed by atoms with van der Waals surface area (Å²) in [4.78, 5) is 16.0. The molecule has 0 aliphatic rings. The Balaban J connectivity index is 1.62. The van der Waals surface area contributed by atoms with Crippen molar-refractivity contribution in [3.63, 3.8) is 0 Å². The summed E-state index contributed by atoms with van der Waals surface area (Å²) in [7, 11) is 0. The number of carbonyl (C=O) groups excluding carboxylic acids is 1. The van der Waals surface area contributed by atoms with E-state index >= 15 is 0 Å². The van der Waals surface area contributed by atoms with Crippen LogP contribution in [-0.2, 0) is 6.54 Å². The lowest BCUT2D eigenvalue weighted by Gasteiger charge is -2.08. The molecule has 3 N–H and O–H groups in total. The lowest BCUT2D eigenvalue weighted by molar-refractivity contribution is 0.237. The van der Waals surface area contributed by atoms with E-state index in [1.807, 2.05) is 59.4 Å². The summed E-state index contributed by atoms with van der Waals surface area (Å²) in [6.07, 6.45) is 2.37. The molecule has 24 heavy (non-hydrogen) atoms. The standard InChI is InChI=1S/C18H20N4O2/c23-11-3-10-19-18(24)20-12-14-6-8-15(9-7-14)22-13-21-16-4-1-2-5-17(16)22/h1-2,4-9,13,23H,3,10-12H2,(H2,19,20,24). The van der Waals surface area contributed by atoms with E-state index in [0.29, 0.717) is 19.5 Å². The third kappa shape index (κ3) is 3.72. The van der Waals surface area contributed by atoms with E-state index in [1.165, 1.54) is 0 Å². The summed E-state index contributed by atoms with van der Waals surface area (Å²) in [5.74, 6) is 0. The van der Waals surface area contributed by atoms with E-state index < -0.39 is 0 Å². The largest absolute Gasteiger partial charge is 0.396 e. The van der Waals surface area contributed by atoms with Crippen molar-refractivity contribution in [3.8, 4) is 5.69 Å². The fourth-order valence-corrected chi connectivity index (χ4v) is 2.47. The molecule has 0 saturated heterocycles. The molecule has 0 unspecified atom stereocenters. The zero-order valence-electron chi connectivity index (χ0n) is 13.3. The van der Waals surface area contributed by atoms with Gasteiger partial charge in [-0.25, -0.2) is 9.78 Å². The van der Waals surface area contributed by atoms with Gasteiger partial charge in [0.1, 0.15) is 6.33 Å². The fourth-order valence-electron chi connectivity index (χ4n) is 2.47. The molecule has 0 bridgehead atoms. The Morgan fingerprint density at radius 2 is 1.88 bits per heavy atom. The normalized spacial score (nSPS) is 10.7. The zero-order valence-corrected chi connectivity index (χ0v) is 13.3. The van der Waals surface area contributed by atoms with Crippen LogP contribution in [-0.4, -0.2) is 33.8 Å². The number of benzene rings is 2. The highest BCUT2D eigenvalue weighted by atomic mass is 16.3. The number of aromatic nitrogens is 2. The minimum Gasteiger partial charge on any atom is -0.396 e. The number of nitrogens with zero attached hydrogens (tertiary/aromatic N) is 2. The Labute approximate surface area is 140 Å². The number of fused-ring (bicyclic) bond motifs is 1. The SMILES string of the molecule is O=C(NCCCO)NCc1ccc(-n2cnc3ccccc32)cc1. The van der Waals surface area contributed by atoms with E-state index in [1.54, 1.807) is 0 Å². The van der Waals surface area contributed by atoms with Crippen molar-refractivity contribution in [2.75, 3.05) is 13.2 Å². The first kappa shape index (κ1) is 16.0. The minimum absolute atomic E-state index is 0.0741. The molecular weight excluding hydrogens is 304 g/mol. The van der Waals surface area contributed by atoms with Gasteiger partial charge in [-0.15, -0.1) is 0 Å². The van der Waals surface area contributed by atoms with Crippen LogP contribution in [0.15, 0.2) is 54.9 Å². The molecule has 6 nitrogen and oxygen atoms in total.